The SMILES string of the molecule is COc1ccccc1NC(=O)NCC(=O)C(C)C. The minimum atomic E-state index is -0.423. The Bertz CT molecular complexity index is 430. The van der Waals surface area contributed by atoms with Crippen LogP contribution in [0.25, 0.3) is 0 Å². The predicted octanol–water partition coefficient (Wildman–Crippen LogP) is 2.04. The first-order valence-electron chi connectivity index (χ1n) is 5.75. The highest BCUT2D eigenvalue weighted by atomic mass is 16.5. The van der Waals surface area contributed by atoms with Gasteiger partial charge in [-0.15, -0.1) is 0 Å². The number of methoxy groups -OCH3 is 1. The van der Waals surface area contributed by atoms with Gasteiger partial charge in [0.15, 0.2) is 5.78 Å². The number of rotatable bonds is 5. The maximum Gasteiger partial charge on any atom is 0.319 e. The van der Waals surface area contributed by atoms with Gasteiger partial charge in [0, 0.05) is 5.92 Å². The maximum absolute atomic E-state index is 11.6. The Hall–Kier alpha value is -2.04. The predicted molar refractivity (Wildman–Crippen MR) is 69.9 cm³/mol. The van der Waals surface area contributed by atoms with Gasteiger partial charge in [0.1, 0.15) is 5.75 Å². The van der Waals surface area contributed by atoms with Crippen LogP contribution in [0.15, 0.2) is 24.3 Å². The number of amides is 2. The highest BCUT2D eigenvalue weighted by Gasteiger charge is 2.10. The lowest BCUT2D eigenvalue weighted by atomic mass is 10.1. The van der Waals surface area contributed by atoms with E-state index in [0.29, 0.717) is 11.4 Å². The van der Waals surface area contributed by atoms with Crippen molar-refractivity contribution in [2.45, 2.75) is 13.8 Å². The zero-order chi connectivity index (χ0) is 13.5. The smallest absolute Gasteiger partial charge is 0.319 e. The number of para-hydroxylation sites is 2. The van der Waals surface area contributed by atoms with Crippen molar-refractivity contribution < 1.29 is 14.3 Å². The number of benzene rings is 1. The number of Topliss-reactive ketones (excluding diaryl/α,β-unsaturated/α-hetero) is 1. The van der Waals surface area contributed by atoms with Gasteiger partial charge in [-0.25, -0.2) is 4.79 Å². The first-order valence-corrected chi connectivity index (χ1v) is 5.75. The lowest BCUT2D eigenvalue weighted by molar-refractivity contribution is -0.120. The molecule has 18 heavy (non-hydrogen) atoms. The molecular formula is C13H18N2O3. The maximum atomic E-state index is 11.6. The van der Waals surface area contributed by atoms with Crippen molar-refractivity contribution in [3.8, 4) is 5.75 Å². The molecule has 5 heteroatoms. The van der Waals surface area contributed by atoms with E-state index in [1.165, 1.54) is 7.11 Å². The van der Waals surface area contributed by atoms with Crippen molar-refractivity contribution in [2.24, 2.45) is 5.92 Å². The van der Waals surface area contributed by atoms with Gasteiger partial charge in [0.2, 0.25) is 0 Å². The van der Waals surface area contributed by atoms with E-state index in [4.69, 9.17) is 4.74 Å². The summed E-state index contributed by atoms with van der Waals surface area (Å²) in [7, 11) is 1.53. The van der Waals surface area contributed by atoms with Gasteiger partial charge in [-0.3, -0.25) is 4.79 Å². The number of ketones is 1. The number of urea groups is 1. The summed E-state index contributed by atoms with van der Waals surface area (Å²) in [4.78, 5) is 22.9. The van der Waals surface area contributed by atoms with E-state index < -0.39 is 6.03 Å². The molecule has 0 saturated carbocycles. The van der Waals surface area contributed by atoms with Crippen LogP contribution in [-0.2, 0) is 4.79 Å². The second-order valence-electron chi connectivity index (χ2n) is 4.13. The molecule has 0 radical (unpaired) electrons. The molecule has 2 amide bonds. The van der Waals surface area contributed by atoms with Crippen molar-refractivity contribution in [1.82, 2.24) is 5.32 Å². The van der Waals surface area contributed by atoms with Gasteiger partial charge in [-0.05, 0) is 12.1 Å². The molecule has 0 saturated heterocycles. The molecule has 0 aliphatic carbocycles. The number of hydrogen-bond donors (Lipinski definition) is 2. The lowest BCUT2D eigenvalue weighted by Crippen LogP contribution is -2.34. The first kappa shape index (κ1) is 14.0. The second-order valence-corrected chi connectivity index (χ2v) is 4.13. The number of anilines is 1. The quantitative estimate of drug-likeness (QED) is 0.840. The van der Waals surface area contributed by atoms with Crippen LogP contribution in [-0.4, -0.2) is 25.5 Å². The van der Waals surface area contributed by atoms with E-state index in [1.54, 1.807) is 32.0 Å². The molecular weight excluding hydrogens is 232 g/mol. The highest BCUT2D eigenvalue weighted by Crippen LogP contribution is 2.22. The molecule has 0 aliphatic heterocycles. The van der Waals surface area contributed by atoms with Crippen LogP contribution in [0.2, 0.25) is 0 Å². The fraction of sp³-hybridized carbons (Fsp3) is 0.385. The summed E-state index contributed by atoms with van der Waals surface area (Å²) in [5, 5.41) is 5.14. The summed E-state index contributed by atoms with van der Waals surface area (Å²) < 4.78 is 5.10. The summed E-state index contributed by atoms with van der Waals surface area (Å²) in [6.07, 6.45) is 0. The minimum Gasteiger partial charge on any atom is -0.495 e. The van der Waals surface area contributed by atoms with E-state index in [2.05, 4.69) is 10.6 Å². The van der Waals surface area contributed by atoms with Crippen LogP contribution in [0, 0.1) is 5.92 Å². The van der Waals surface area contributed by atoms with Crippen LogP contribution in [0.4, 0.5) is 10.5 Å². The molecule has 1 rings (SSSR count). The Morgan fingerprint density at radius 2 is 1.94 bits per heavy atom. The number of carbonyl (C=O) groups excluding carboxylic acids is 2. The normalized spacial score (nSPS) is 10.0. The molecule has 0 bridgehead atoms. The Balaban J connectivity index is 2.52. The zero-order valence-electron chi connectivity index (χ0n) is 10.8. The van der Waals surface area contributed by atoms with Crippen LogP contribution in [0.3, 0.4) is 0 Å². The topological polar surface area (TPSA) is 67.4 Å². The largest absolute Gasteiger partial charge is 0.495 e. The summed E-state index contributed by atoms with van der Waals surface area (Å²) >= 11 is 0. The number of nitrogens with one attached hydrogen (secondary N) is 2. The molecule has 5 nitrogen and oxygen atoms in total. The van der Waals surface area contributed by atoms with Crippen molar-refractivity contribution >= 4 is 17.5 Å². The summed E-state index contributed by atoms with van der Waals surface area (Å²) in [5.74, 6) is 0.476. The number of ether oxygens (including phenoxy) is 1. The van der Waals surface area contributed by atoms with Gasteiger partial charge < -0.3 is 15.4 Å². The van der Waals surface area contributed by atoms with Crippen molar-refractivity contribution in [1.29, 1.82) is 0 Å². The third kappa shape index (κ3) is 4.08. The molecule has 98 valence electrons. The fourth-order valence-electron chi connectivity index (χ4n) is 1.29. The van der Waals surface area contributed by atoms with Crippen LogP contribution >= 0.6 is 0 Å². The number of hydrogen-bond acceptors (Lipinski definition) is 3. The van der Waals surface area contributed by atoms with Crippen molar-refractivity contribution in [2.75, 3.05) is 19.0 Å². The van der Waals surface area contributed by atoms with Crippen LogP contribution in [0.5, 0.6) is 5.75 Å². The lowest BCUT2D eigenvalue weighted by Gasteiger charge is -2.11. The van der Waals surface area contributed by atoms with Crippen molar-refractivity contribution in [3.63, 3.8) is 0 Å². The molecule has 0 atom stereocenters. The molecule has 0 aliphatic rings. The first-order chi connectivity index (χ1) is 8.54. The molecule has 1 aromatic carbocycles. The van der Waals surface area contributed by atoms with Gasteiger partial charge in [0.05, 0.1) is 19.3 Å². The molecule has 0 unspecified atom stereocenters. The molecule has 1 aromatic rings. The average Bonchev–Trinajstić information content (AvgIpc) is 2.36. The average molecular weight is 250 g/mol. The van der Waals surface area contributed by atoms with Crippen LogP contribution < -0.4 is 15.4 Å². The summed E-state index contributed by atoms with van der Waals surface area (Å²) in [6.45, 7) is 3.61. The van der Waals surface area contributed by atoms with E-state index in [1.807, 2.05) is 6.07 Å². The summed E-state index contributed by atoms with van der Waals surface area (Å²) in [5.41, 5.74) is 0.564. The summed E-state index contributed by atoms with van der Waals surface area (Å²) in [6, 6.07) is 6.65. The second kappa shape index (κ2) is 6.64. The Morgan fingerprint density at radius 3 is 2.56 bits per heavy atom. The Labute approximate surface area is 107 Å². The van der Waals surface area contributed by atoms with Gasteiger partial charge in [-0.2, -0.15) is 0 Å². The van der Waals surface area contributed by atoms with Gasteiger partial charge >= 0.3 is 6.03 Å². The third-order valence-corrected chi connectivity index (χ3v) is 2.42. The van der Waals surface area contributed by atoms with E-state index >= 15 is 0 Å². The molecule has 2 N–H and O–H groups in total. The minimum absolute atomic E-state index is 0.00910. The standard InChI is InChI=1S/C13H18N2O3/c1-9(2)11(16)8-14-13(17)15-10-6-4-5-7-12(10)18-3/h4-7,9H,8H2,1-3H3,(H2,14,15,17). The Morgan fingerprint density at radius 1 is 1.28 bits per heavy atom. The fourth-order valence-corrected chi connectivity index (χ4v) is 1.29. The molecule has 0 heterocycles. The van der Waals surface area contributed by atoms with E-state index in [-0.39, 0.29) is 18.2 Å². The van der Waals surface area contributed by atoms with E-state index in [0.717, 1.165) is 0 Å². The Kier molecular flexibility index (Phi) is 5.17. The highest BCUT2D eigenvalue weighted by molar-refractivity contribution is 5.94. The molecule has 0 fully saturated rings. The molecule has 0 spiro atoms. The van der Waals surface area contributed by atoms with Crippen LogP contribution in [0.1, 0.15) is 13.8 Å². The third-order valence-electron chi connectivity index (χ3n) is 2.42. The zero-order valence-corrected chi connectivity index (χ0v) is 10.8. The van der Waals surface area contributed by atoms with Crippen molar-refractivity contribution in [3.05, 3.63) is 24.3 Å². The monoisotopic (exact) mass is 250 g/mol. The van der Waals surface area contributed by atoms with Gasteiger partial charge in [-0.1, -0.05) is 26.0 Å². The van der Waals surface area contributed by atoms with E-state index in [9.17, 15) is 9.59 Å². The number of carbonyl (C=O) groups is 2. The molecule has 0 aromatic heterocycles. The van der Waals surface area contributed by atoms with Gasteiger partial charge in [0.25, 0.3) is 0 Å².